The Morgan fingerprint density at radius 3 is 2.00 bits per heavy atom. The minimum atomic E-state index is -0.720. The largest absolute Gasteiger partial charge is 0.496 e. The fraction of sp³-hybridized carbons (Fsp3) is 0.536. The standard InChI is InChI=1S/C28H36Cl2N2O6/c1-13-22(29)16-11-17-21-20(24(35-5)14(2)25(36-6)23(21)30)15(9-10-31(3)4)28(34)32(17)18(12-33)19(16)27(38-8)26(13)37-7/h15,17-18,33H,9-12H2,1-8H3/t15?,17-,18-/m0/s1. The molecule has 0 saturated heterocycles. The summed E-state index contributed by atoms with van der Waals surface area (Å²) < 4.78 is 23.1. The Morgan fingerprint density at radius 2 is 1.47 bits per heavy atom. The first-order valence-corrected chi connectivity index (χ1v) is 13.3. The van der Waals surface area contributed by atoms with Crippen molar-refractivity contribution in [3.63, 3.8) is 0 Å². The Balaban J connectivity index is 2.08. The Labute approximate surface area is 234 Å². The molecule has 2 heterocycles. The summed E-state index contributed by atoms with van der Waals surface area (Å²) in [7, 11) is 10.2. The van der Waals surface area contributed by atoms with E-state index in [-0.39, 0.29) is 12.5 Å². The van der Waals surface area contributed by atoms with E-state index >= 15 is 0 Å². The predicted octanol–water partition coefficient (Wildman–Crippen LogP) is 4.85. The van der Waals surface area contributed by atoms with Crippen LogP contribution in [0, 0.1) is 13.8 Å². The second kappa shape index (κ2) is 11.0. The minimum absolute atomic E-state index is 0.106. The molecule has 0 bridgehead atoms. The molecule has 10 heteroatoms. The number of carbonyl (C=O) groups excluding carboxylic acids is 1. The van der Waals surface area contributed by atoms with Crippen LogP contribution in [0.4, 0.5) is 0 Å². The summed E-state index contributed by atoms with van der Waals surface area (Å²) in [6, 6.07) is -1.22. The summed E-state index contributed by atoms with van der Waals surface area (Å²) in [6.07, 6.45) is 0.917. The van der Waals surface area contributed by atoms with Gasteiger partial charge in [0.15, 0.2) is 11.5 Å². The van der Waals surface area contributed by atoms with Crippen LogP contribution in [-0.2, 0) is 11.2 Å². The van der Waals surface area contributed by atoms with Crippen molar-refractivity contribution in [3.05, 3.63) is 43.4 Å². The van der Waals surface area contributed by atoms with Crippen molar-refractivity contribution in [2.45, 2.75) is 44.7 Å². The number of fused-ring (bicyclic) bond motifs is 4. The predicted molar refractivity (Wildman–Crippen MR) is 148 cm³/mol. The van der Waals surface area contributed by atoms with Gasteiger partial charge >= 0.3 is 0 Å². The lowest BCUT2D eigenvalue weighted by atomic mass is 9.74. The van der Waals surface area contributed by atoms with Crippen molar-refractivity contribution in [2.75, 3.05) is 55.7 Å². The highest BCUT2D eigenvalue weighted by Gasteiger charge is 2.50. The number of amides is 1. The van der Waals surface area contributed by atoms with Crippen molar-refractivity contribution in [2.24, 2.45) is 0 Å². The van der Waals surface area contributed by atoms with E-state index in [4.69, 9.17) is 42.1 Å². The summed E-state index contributed by atoms with van der Waals surface area (Å²) in [5.74, 6) is 1.41. The van der Waals surface area contributed by atoms with Gasteiger partial charge in [-0.2, -0.15) is 0 Å². The lowest BCUT2D eigenvalue weighted by molar-refractivity contribution is -0.142. The average molecular weight is 568 g/mol. The fourth-order valence-corrected chi connectivity index (χ4v) is 6.93. The van der Waals surface area contributed by atoms with E-state index in [1.165, 1.54) is 0 Å². The molecule has 208 valence electrons. The highest BCUT2D eigenvalue weighted by Crippen LogP contribution is 2.58. The molecule has 0 radical (unpaired) electrons. The maximum atomic E-state index is 14.4. The lowest BCUT2D eigenvalue weighted by Gasteiger charge is -2.49. The fourth-order valence-electron chi connectivity index (χ4n) is 6.22. The summed E-state index contributed by atoms with van der Waals surface area (Å²) in [5, 5.41) is 11.7. The molecule has 0 aromatic heterocycles. The third-order valence-electron chi connectivity index (χ3n) is 7.85. The van der Waals surface area contributed by atoms with Crippen LogP contribution in [0.15, 0.2) is 0 Å². The smallest absolute Gasteiger partial charge is 0.231 e. The number of hydrogen-bond acceptors (Lipinski definition) is 7. The van der Waals surface area contributed by atoms with Crippen LogP contribution in [0.2, 0.25) is 10.0 Å². The molecule has 0 saturated carbocycles. The van der Waals surface area contributed by atoms with Crippen molar-refractivity contribution in [3.8, 4) is 23.0 Å². The molecule has 1 N–H and O–H groups in total. The molecule has 2 aliphatic heterocycles. The number of rotatable bonds is 8. The number of methoxy groups -OCH3 is 4. The van der Waals surface area contributed by atoms with Gasteiger partial charge in [0.25, 0.3) is 0 Å². The number of aliphatic hydroxyl groups excluding tert-OH is 1. The van der Waals surface area contributed by atoms with E-state index < -0.39 is 18.0 Å². The van der Waals surface area contributed by atoms with E-state index in [1.807, 2.05) is 32.8 Å². The monoisotopic (exact) mass is 566 g/mol. The van der Waals surface area contributed by atoms with Crippen LogP contribution in [0.3, 0.4) is 0 Å². The van der Waals surface area contributed by atoms with Crippen molar-refractivity contribution >= 4 is 29.1 Å². The average Bonchev–Trinajstić information content (AvgIpc) is 2.89. The lowest BCUT2D eigenvalue weighted by Crippen LogP contribution is -2.50. The third-order valence-corrected chi connectivity index (χ3v) is 8.74. The van der Waals surface area contributed by atoms with E-state index in [0.717, 1.165) is 27.8 Å². The first-order valence-electron chi connectivity index (χ1n) is 12.5. The Kier molecular flexibility index (Phi) is 8.28. The first kappa shape index (κ1) is 28.6. The maximum absolute atomic E-state index is 14.4. The van der Waals surface area contributed by atoms with Crippen LogP contribution in [0.25, 0.3) is 0 Å². The van der Waals surface area contributed by atoms with Crippen LogP contribution >= 0.6 is 23.2 Å². The summed E-state index contributed by atoms with van der Waals surface area (Å²) in [4.78, 5) is 18.2. The van der Waals surface area contributed by atoms with Gasteiger partial charge in [0.05, 0.1) is 63.1 Å². The molecular formula is C28H36Cl2N2O6. The highest BCUT2D eigenvalue weighted by molar-refractivity contribution is 6.33. The van der Waals surface area contributed by atoms with Gasteiger partial charge in [-0.25, -0.2) is 0 Å². The van der Waals surface area contributed by atoms with Gasteiger partial charge in [-0.3, -0.25) is 4.79 Å². The van der Waals surface area contributed by atoms with Crippen molar-refractivity contribution in [1.29, 1.82) is 0 Å². The number of carbonyl (C=O) groups is 1. The Bertz CT molecular complexity index is 1270. The molecule has 0 aliphatic carbocycles. The molecule has 2 aromatic carbocycles. The van der Waals surface area contributed by atoms with E-state index in [2.05, 4.69) is 0 Å². The van der Waals surface area contributed by atoms with Crippen LogP contribution < -0.4 is 18.9 Å². The number of halogens is 2. The first-order chi connectivity index (χ1) is 18.1. The zero-order valence-corrected chi connectivity index (χ0v) is 24.7. The molecule has 0 spiro atoms. The van der Waals surface area contributed by atoms with Gasteiger partial charge in [0.1, 0.15) is 11.5 Å². The van der Waals surface area contributed by atoms with Crippen LogP contribution in [0.5, 0.6) is 23.0 Å². The van der Waals surface area contributed by atoms with Crippen LogP contribution in [-0.4, -0.2) is 76.5 Å². The second-order valence-corrected chi connectivity index (χ2v) is 10.8. The topological polar surface area (TPSA) is 80.7 Å². The molecular weight excluding hydrogens is 531 g/mol. The van der Waals surface area contributed by atoms with E-state index in [1.54, 1.807) is 33.3 Å². The number of hydrogen-bond donors (Lipinski definition) is 1. The zero-order valence-electron chi connectivity index (χ0n) is 23.2. The number of ether oxygens (including phenoxy) is 4. The normalized spacial score (nSPS) is 20.2. The molecule has 8 nitrogen and oxygen atoms in total. The molecule has 2 aliphatic rings. The van der Waals surface area contributed by atoms with Gasteiger partial charge in [-0.1, -0.05) is 23.2 Å². The summed E-state index contributed by atoms with van der Waals surface area (Å²) in [6.45, 7) is 4.09. The second-order valence-electron chi connectivity index (χ2n) is 10.0. The van der Waals surface area contributed by atoms with Gasteiger partial charge in [-0.15, -0.1) is 0 Å². The number of nitrogens with zero attached hydrogens (tertiary/aromatic N) is 2. The molecule has 2 aromatic rings. The van der Waals surface area contributed by atoms with Gasteiger partial charge in [-0.05, 0) is 52.9 Å². The zero-order chi connectivity index (χ0) is 28.0. The number of benzene rings is 2. The Hall–Kier alpha value is -2.39. The van der Waals surface area contributed by atoms with Gasteiger partial charge in [0, 0.05) is 27.8 Å². The summed E-state index contributed by atoms with van der Waals surface area (Å²) >= 11 is 14.0. The minimum Gasteiger partial charge on any atom is -0.496 e. The highest BCUT2D eigenvalue weighted by atomic mass is 35.5. The number of aliphatic hydroxyl groups is 1. The molecule has 38 heavy (non-hydrogen) atoms. The van der Waals surface area contributed by atoms with Crippen LogP contribution in [0.1, 0.15) is 57.8 Å². The van der Waals surface area contributed by atoms with E-state index in [0.29, 0.717) is 58.0 Å². The van der Waals surface area contributed by atoms with Crippen molar-refractivity contribution < 1.29 is 28.8 Å². The third kappa shape index (κ3) is 4.17. The molecule has 1 amide bonds. The van der Waals surface area contributed by atoms with Gasteiger partial charge in [0.2, 0.25) is 5.91 Å². The summed E-state index contributed by atoms with van der Waals surface area (Å²) in [5.41, 5.74) is 4.46. The van der Waals surface area contributed by atoms with E-state index in [9.17, 15) is 9.90 Å². The van der Waals surface area contributed by atoms with Crippen molar-refractivity contribution in [1.82, 2.24) is 9.80 Å². The molecule has 0 fully saturated rings. The quantitative estimate of drug-likeness (QED) is 0.489. The molecule has 1 unspecified atom stereocenters. The Morgan fingerprint density at radius 1 is 0.868 bits per heavy atom. The molecule has 4 rings (SSSR count). The molecule has 3 atom stereocenters. The van der Waals surface area contributed by atoms with Gasteiger partial charge < -0.3 is 33.9 Å². The SMILES string of the molecule is COc1c(C)c(OC)c2c(c1Cl)[C@@H]1Cc3c(Cl)c(C)c(OC)c(OC)c3[C@H](CO)N1C(=O)C2CCN(C)C. The maximum Gasteiger partial charge on any atom is 0.231 e.